The number of esters is 2. The highest BCUT2D eigenvalue weighted by Gasteiger charge is 2.36. The first-order chi connectivity index (χ1) is 18.9. The number of nitrogens with two attached hydrogens (primary N) is 1. The Kier molecular flexibility index (Phi) is 15.1. The van der Waals surface area contributed by atoms with Gasteiger partial charge in [-0.25, -0.2) is 9.59 Å². The van der Waals surface area contributed by atoms with E-state index in [1.807, 2.05) is 20.8 Å². The van der Waals surface area contributed by atoms with E-state index in [9.17, 15) is 19.2 Å². The molecule has 0 aromatic heterocycles. The van der Waals surface area contributed by atoms with Crippen molar-refractivity contribution in [2.75, 3.05) is 13.7 Å². The second-order valence-electron chi connectivity index (χ2n) is 9.97. The van der Waals surface area contributed by atoms with Crippen LogP contribution in [0.3, 0.4) is 0 Å². The normalized spacial score (nSPS) is 14.6. The van der Waals surface area contributed by atoms with E-state index >= 15 is 0 Å². The molecular weight excluding hydrogens is 522 g/mol. The second-order valence-corrected chi connectivity index (χ2v) is 9.97. The summed E-state index contributed by atoms with van der Waals surface area (Å²) in [6.45, 7) is 10.9. The van der Waals surface area contributed by atoms with Crippen LogP contribution in [0.25, 0.3) is 0 Å². The highest BCUT2D eigenvalue weighted by atomic mass is 16.7. The lowest BCUT2D eigenvalue weighted by Gasteiger charge is -2.27. The highest BCUT2D eigenvalue weighted by Crippen LogP contribution is 2.31. The molecule has 0 amide bonds. The molecule has 11 heteroatoms. The van der Waals surface area contributed by atoms with Gasteiger partial charge in [-0.1, -0.05) is 46.6 Å². The quantitative estimate of drug-likeness (QED) is 0.153. The van der Waals surface area contributed by atoms with E-state index in [-0.39, 0.29) is 55.0 Å². The summed E-state index contributed by atoms with van der Waals surface area (Å²) < 4.78 is 31.4. The van der Waals surface area contributed by atoms with Crippen LogP contribution in [-0.4, -0.2) is 55.7 Å². The van der Waals surface area contributed by atoms with Crippen molar-refractivity contribution in [1.82, 2.24) is 0 Å². The van der Waals surface area contributed by atoms with Gasteiger partial charge in [0.15, 0.2) is 11.5 Å². The molecule has 1 aromatic rings. The highest BCUT2D eigenvalue weighted by molar-refractivity contribution is 5.81. The summed E-state index contributed by atoms with van der Waals surface area (Å²) in [7, 11) is 1.21. The van der Waals surface area contributed by atoms with Crippen LogP contribution in [0.5, 0.6) is 11.5 Å². The number of ether oxygens (including phenoxy) is 6. The summed E-state index contributed by atoms with van der Waals surface area (Å²) in [5.74, 6) is -1.59. The molecule has 0 aliphatic rings. The minimum Gasteiger partial charge on any atom is -0.468 e. The molecule has 0 bridgehead atoms. The van der Waals surface area contributed by atoms with E-state index in [1.54, 1.807) is 26.8 Å². The summed E-state index contributed by atoms with van der Waals surface area (Å²) in [5.41, 5.74) is 5.33. The van der Waals surface area contributed by atoms with Gasteiger partial charge in [0, 0.05) is 12.8 Å². The summed E-state index contributed by atoms with van der Waals surface area (Å²) in [4.78, 5) is 49.5. The molecule has 1 aromatic carbocycles. The molecule has 4 atom stereocenters. The van der Waals surface area contributed by atoms with Gasteiger partial charge in [0.2, 0.25) is 0 Å². The third-order valence-corrected chi connectivity index (χ3v) is 6.30. The van der Waals surface area contributed by atoms with Crippen molar-refractivity contribution in [2.24, 2.45) is 11.7 Å². The van der Waals surface area contributed by atoms with E-state index in [0.29, 0.717) is 24.8 Å². The van der Waals surface area contributed by atoms with E-state index in [2.05, 4.69) is 0 Å². The van der Waals surface area contributed by atoms with Crippen molar-refractivity contribution in [2.45, 2.75) is 104 Å². The molecule has 0 saturated carbocycles. The van der Waals surface area contributed by atoms with Gasteiger partial charge >= 0.3 is 24.2 Å². The zero-order valence-electron chi connectivity index (χ0n) is 24.8. The lowest BCUT2D eigenvalue weighted by Crippen LogP contribution is -2.51. The smallest absolute Gasteiger partial charge is 0.468 e. The van der Waals surface area contributed by atoms with Crippen LogP contribution < -0.4 is 15.2 Å². The van der Waals surface area contributed by atoms with Gasteiger partial charge in [0.1, 0.15) is 17.7 Å². The lowest BCUT2D eigenvalue weighted by atomic mass is 9.88. The van der Waals surface area contributed by atoms with Gasteiger partial charge < -0.3 is 34.2 Å². The molecule has 0 fully saturated rings. The Balaban J connectivity index is 3.20. The standard InChI is InChI=1S/C29H45NO10/c1-8-11-20(5)37-27(33)39-23-14-13-22(17-24(23)40-28(34)38-21(6)12-9-2)18-29(30,26(32)35-7)15-16-36-25(31)19(4)10-3/h13-14,17,19-21H,8-12,15-16,18,30H2,1-7H3/t19?,20-,21?,29+/m0/s1. The van der Waals surface area contributed by atoms with Gasteiger partial charge in [-0.3, -0.25) is 9.59 Å². The zero-order chi connectivity index (χ0) is 30.3. The fourth-order valence-electron chi connectivity index (χ4n) is 3.79. The monoisotopic (exact) mass is 567 g/mol. The van der Waals surface area contributed by atoms with E-state index < -0.39 is 23.8 Å². The number of carbonyl (C=O) groups is 4. The lowest BCUT2D eigenvalue weighted by molar-refractivity contribution is -0.153. The number of rotatable bonds is 16. The van der Waals surface area contributed by atoms with Crippen LogP contribution in [-0.2, 0) is 35.0 Å². The minimum atomic E-state index is -1.56. The maximum atomic E-state index is 12.6. The average Bonchev–Trinajstić information content (AvgIpc) is 2.89. The summed E-state index contributed by atoms with van der Waals surface area (Å²) in [5, 5.41) is 0. The Morgan fingerprint density at radius 1 is 0.875 bits per heavy atom. The number of methoxy groups -OCH3 is 1. The van der Waals surface area contributed by atoms with Crippen molar-refractivity contribution in [3.8, 4) is 11.5 Å². The van der Waals surface area contributed by atoms with Crippen LogP contribution in [0, 0.1) is 5.92 Å². The van der Waals surface area contributed by atoms with Crippen LogP contribution in [0.1, 0.15) is 85.6 Å². The Hall–Kier alpha value is -3.34. The first-order valence-corrected chi connectivity index (χ1v) is 13.8. The first-order valence-electron chi connectivity index (χ1n) is 13.8. The summed E-state index contributed by atoms with van der Waals surface area (Å²) in [6, 6.07) is 4.38. The molecule has 11 nitrogen and oxygen atoms in total. The van der Waals surface area contributed by atoms with Crippen LogP contribution in [0.2, 0.25) is 0 Å². The van der Waals surface area contributed by atoms with E-state index in [0.717, 1.165) is 12.8 Å². The minimum absolute atomic E-state index is 0.0193. The number of carbonyl (C=O) groups excluding carboxylic acids is 4. The molecule has 40 heavy (non-hydrogen) atoms. The fraction of sp³-hybridized carbons (Fsp3) is 0.655. The predicted molar refractivity (Wildman–Crippen MR) is 147 cm³/mol. The van der Waals surface area contributed by atoms with Gasteiger partial charge in [-0.05, 0) is 50.8 Å². The predicted octanol–water partition coefficient (Wildman–Crippen LogP) is 5.49. The Morgan fingerprint density at radius 3 is 1.93 bits per heavy atom. The Morgan fingerprint density at radius 2 is 1.43 bits per heavy atom. The van der Waals surface area contributed by atoms with Gasteiger partial charge in [-0.15, -0.1) is 0 Å². The Bertz CT molecular complexity index is 982. The van der Waals surface area contributed by atoms with Gasteiger partial charge in [0.05, 0.1) is 19.6 Å². The molecule has 0 spiro atoms. The molecule has 2 N–H and O–H groups in total. The zero-order valence-corrected chi connectivity index (χ0v) is 24.8. The number of benzene rings is 1. The average molecular weight is 568 g/mol. The summed E-state index contributed by atoms with van der Waals surface area (Å²) in [6.07, 6.45) is 0.741. The number of hydrogen-bond acceptors (Lipinski definition) is 11. The Labute approximate surface area is 236 Å². The SMILES string of the molecule is CCCC(C)OC(=O)Oc1cc(C[C@](N)(CCOC(=O)C(C)CC)C(=O)OC)ccc1OC(=O)O[C@@H](C)CCC. The third-order valence-electron chi connectivity index (χ3n) is 6.30. The van der Waals surface area contributed by atoms with Crippen LogP contribution >= 0.6 is 0 Å². The largest absolute Gasteiger partial charge is 0.514 e. The first kappa shape index (κ1) is 34.7. The molecule has 0 saturated heterocycles. The van der Waals surface area contributed by atoms with Crippen molar-refractivity contribution in [3.05, 3.63) is 23.8 Å². The molecule has 1 rings (SSSR count). The van der Waals surface area contributed by atoms with Crippen molar-refractivity contribution >= 4 is 24.2 Å². The van der Waals surface area contributed by atoms with Crippen LogP contribution in [0.15, 0.2) is 18.2 Å². The van der Waals surface area contributed by atoms with Gasteiger partial charge in [-0.2, -0.15) is 0 Å². The fourth-order valence-corrected chi connectivity index (χ4v) is 3.79. The molecular formula is C29H45NO10. The van der Waals surface area contributed by atoms with Crippen molar-refractivity contribution in [3.63, 3.8) is 0 Å². The van der Waals surface area contributed by atoms with Gasteiger partial charge in [0.25, 0.3) is 0 Å². The molecule has 0 aliphatic carbocycles. The topological polar surface area (TPSA) is 150 Å². The molecule has 0 radical (unpaired) electrons. The summed E-state index contributed by atoms with van der Waals surface area (Å²) >= 11 is 0. The second kappa shape index (κ2) is 17.4. The molecule has 2 unspecified atom stereocenters. The molecule has 0 heterocycles. The van der Waals surface area contributed by atoms with Crippen LogP contribution in [0.4, 0.5) is 9.59 Å². The maximum absolute atomic E-state index is 12.6. The number of hydrogen-bond donors (Lipinski definition) is 1. The van der Waals surface area contributed by atoms with E-state index in [1.165, 1.54) is 19.2 Å². The van der Waals surface area contributed by atoms with Crippen molar-refractivity contribution in [1.29, 1.82) is 0 Å². The molecule has 0 aliphatic heterocycles. The van der Waals surface area contributed by atoms with Crippen molar-refractivity contribution < 1.29 is 47.6 Å². The maximum Gasteiger partial charge on any atom is 0.514 e. The molecule has 226 valence electrons. The third kappa shape index (κ3) is 11.8. The van der Waals surface area contributed by atoms with E-state index in [4.69, 9.17) is 34.2 Å².